The maximum atomic E-state index is 13.9. The molecule has 0 N–H and O–H groups in total. The van der Waals surface area contributed by atoms with E-state index in [0.717, 1.165) is 22.9 Å². The van der Waals surface area contributed by atoms with Crippen molar-refractivity contribution in [3.8, 4) is 0 Å². The Kier molecular flexibility index (Phi) is 3.95. The van der Waals surface area contributed by atoms with Gasteiger partial charge in [-0.1, -0.05) is 42.5 Å². The van der Waals surface area contributed by atoms with Crippen LogP contribution in [-0.4, -0.2) is 52.4 Å². The number of carbonyl (C=O) groups excluding carboxylic acids is 1. The highest BCUT2D eigenvalue weighted by Crippen LogP contribution is 2.47. The average molecular weight is 383 g/mol. The van der Waals surface area contributed by atoms with E-state index in [0.29, 0.717) is 23.9 Å². The van der Waals surface area contributed by atoms with Gasteiger partial charge in [0, 0.05) is 41.8 Å². The summed E-state index contributed by atoms with van der Waals surface area (Å²) in [5.41, 5.74) is 2.18. The minimum Gasteiger partial charge on any atom is -0.333 e. The molecule has 0 unspecified atom stereocenters. The molecule has 4 fully saturated rings. The Morgan fingerprint density at radius 2 is 1.76 bits per heavy atom. The van der Waals surface area contributed by atoms with Gasteiger partial charge in [0.05, 0.1) is 6.04 Å². The lowest BCUT2D eigenvalue weighted by atomic mass is 9.75. The fraction of sp³-hybridized carbons (Fsp3) is 0.360. The second-order valence-corrected chi connectivity index (χ2v) is 8.73. The molecule has 3 atom stereocenters. The van der Waals surface area contributed by atoms with Crippen LogP contribution < -0.4 is 0 Å². The Bertz CT molecular complexity index is 1050. The quantitative estimate of drug-likeness (QED) is 0.673. The molecule has 5 heterocycles. The molecule has 1 amide bonds. The number of amides is 1. The molecule has 3 aromatic rings. The van der Waals surface area contributed by atoms with Gasteiger partial charge in [-0.15, -0.1) is 0 Å². The van der Waals surface area contributed by atoms with Crippen LogP contribution in [0.2, 0.25) is 0 Å². The van der Waals surface area contributed by atoms with E-state index in [2.05, 4.69) is 45.1 Å². The maximum absolute atomic E-state index is 13.9. The van der Waals surface area contributed by atoms with Crippen molar-refractivity contribution >= 4 is 16.7 Å². The molecule has 0 aliphatic carbocycles. The van der Waals surface area contributed by atoms with E-state index >= 15 is 0 Å². The molecule has 4 saturated heterocycles. The first-order chi connectivity index (χ1) is 14.3. The van der Waals surface area contributed by atoms with Gasteiger partial charge in [-0.2, -0.15) is 0 Å². The molecule has 4 aliphatic heterocycles. The van der Waals surface area contributed by atoms with Crippen molar-refractivity contribution in [2.45, 2.75) is 30.8 Å². The minimum absolute atomic E-state index is 0.184. The van der Waals surface area contributed by atoms with Crippen LogP contribution in [0.1, 0.15) is 34.7 Å². The van der Waals surface area contributed by atoms with Gasteiger partial charge in [-0.25, -0.2) is 0 Å². The largest absolute Gasteiger partial charge is 0.333 e. The first-order valence-corrected chi connectivity index (χ1v) is 10.7. The molecular formula is C25H25N3O. The number of pyridine rings is 1. The van der Waals surface area contributed by atoms with Gasteiger partial charge in [-0.05, 0) is 54.9 Å². The summed E-state index contributed by atoms with van der Waals surface area (Å²) in [5, 5.41) is 2.04. The summed E-state index contributed by atoms with van der Waals surface area (Å²) in [4.78, 5) is 23.0. The first kappa shape index (κ1) is 17.2. The van der Waals surface area contributed by atoms with Gasteiger partial charge in [0.2, 0.25) is 0 Å². The topological polar surface area (TPSA) is 36.4 Å². The third-order valence-electron chi connectivity index (χ3n) is 7.39. The van der Waals surface area contributed by atoms with Crippen molar-refractivity contribution in [2.24, 2.45) is 5.92 Å². The Labute approximate surface area is 171 Å². The normalized spacial score (nSPS) is 30.5. The van der Waals surface area contributed by atoms with E-state index in [1.165, 1.54) is 31.5 Å². The second-order valence-electron chi connectivity index (χ2n) is 8.73. The molecule has 4 heteroatoms. The molecule has 2 aromatic carbocycles. The van der Waals surface area contributed by atoms with Gasteiger partial charge >= 0.3 is 0 Å². The number of rotatable bonds is 2. The number of aromatic nitrogens is 1. The summed E-state index contributed by atoms with van der Waals surface area (Å²) in [6, 6.07) is 19.6. The van der Waals surface area contributed by atoms with Crippen molar-refractivity contribution in [1.29, 1.82) is 0 Å². The highest BCUT2D eigenvalue weighted by molar-refractivity contribution is 6.07. The second kappa shape index (κ2) is 6.67. The predicted octanol–water partition coefficient (Wildman–Crippen LogP) is 3.94. The number of benzene rings is 2. The van der Waals surface area contributed by atoms with Gasteiger partial charge in [0.25, 0.3) is 5.91 Å². The van der Waals surface area contributed by atoms with Crippen LogP contribution in [-0.2, 0) is 0 Å². The van der Waals surface area contributed by atoms with Crippen molar-refractivity contribution in [3.63, 3.8) is 0 Å². The Morgan fingerprint density at radius 3 is 2.59 bits per heavy atom. The van der Waals surface area contributed by atoms with Crippen LogP contribution >= 0.6 is 0 Å². The number of nitrogens with zero attached hydrogens (tertiary/aromatic N) is 3. The zero-order chi connectivity index (χ0) is 19.4. The molecule has 2 bridgehead atoms. The summed E-state index contributed by atoms with van der Waals surface area (Å²) in [7, 11) is 0. The Hall–Kier alpha value is -2.72. The fourth-order valence-electron chi connectivity index (χ4n) is 6.11. The molecular weight excluding hydrogens is 358 g/mol. The summed E-state index contributed by atoms with van der Waals surface area (Å²) in [6.07, 6.45) is 6.06. The average Bonchev–Trinajstić information content (AvgIpc) is 3.23. The highest BCUT2D eigenvalue weighted by Gasteiger charge is 2.54. The lowest BCUT2D eigenvalue weighted by Crippen LogP contribution is -2.60. The van der Waals surface area contributed by atoms with Crippen LogP contribution in [0.15, 0.2) is 67.0 Å². The summed E-state index contributed by atoms with van der Waals surface area (Å²) >= 11 is 0. The van der Waals surface area contributed by atoms with Crippen LogP contribution in [0.5, 0.6) is 0 Å². The van der Waals surface area contributed by atoms with Crippen LogP contribution in [0, 0.1) is 5.92 Å². The van der Waals surface area contributed by atoms with Crippen molar-refractivity contribution in [2.75, 3.05) is 19.6 Å². The standard InChI is InChI=1S/C25H25N3O/c29-25(21-8-4-7-19-15-26-12-9-20(19)21)28-16-22(17-5-2-1-3-6-17)24-23(28)18-10-13-27(24)14-11-18/h1-9,12,15,18,22-24H,10-11,13-14,16H2/t22-,23-,24-/m1/s1. The lowest BCUT2D eigenvalue weighted by molar-refractivity contribution is -0.00334. The monoisotopic (exact) mass is 383 g/mol. The molecule has 29 heavy (non-hydrogen) atoms. The molecule has 0 saturated carbocycles. The smallest absolute Gasteiger partial charge is 0.254 e. The van der Waals surface area contributed by atoms with Gasteiger partial charge in [0.15, 0.2) is 0 Å². The molecule has 0 spiro atoms. The van der Waals surface area contributed by atoms with Crippen molar-refractivity contribution < 1.29 is 4.79 Å². The van der Waals surface area contributed by atoms with Crippen LogP contribution in [0.4, 0.5) is 0 Å². The molecule has 146 valence electrons. The fourth-order valence-corrected chi connectivity index (χ4v) is 6.11. The lowest BCUT2D eigenvalue weighted by Gasteiger charge is -2.51. The molecule has 4 nitrogen and oxygen atoms in total. The van der Waals surface area contributed by atoms with E-state index in [-0.39, 0.29) is 5.91 Å². The van der Waals surface area contributed by atoms with E-state index in [1.54, 1.807) is 6.20 Å². The van der Waals surface area contributed by atoms with E-state index in [9.17, 15) is 4.79 Å². The minimum atomic E-state index is 0.184. The third kappa shape index (κ3) is 2.62. The zero-order valence-electron chi connectivity index (χ0n) is 16.4. The van der Waals surface area contributed by atoms with E-state index < -0.39 is 0 Å². The number of hydrogen-bond acceptors (Lipinski definition) is 3. The Morgan fingerprint density at radius 1 is 0.931 bits per heavy atom. The van der Waals surface area contributed by atoms with Crippen LogP contribution in [0.25, 0.3) is 10.8 Å². The highest BCUT2D eigenvalue weighted by atomic mass is 16.2. The number of piperidine rings is 3. The SMILES string of the molecule is O=C(c1cccc2cnccc12)N1C[C@H](c2ccccc2)[C@@H]2[C@H]1C1CCN2CC1. The predicted molar refractivity (Wildman–Crippen MR) is 114 cm³/mol. The summed E-state index contributed by atoms with van der Waals surface area (Å²) < 4.78 is 0. The molecule has 7 rings (SSSR count). The van der Waals surface area contributed by atoms with Crippen molar-refractivity contribution in [3.05, 3.63) is 78.1 Å². The Balaban J connectivity index is 1.43. The van der Waals surface area contributed by atoms with Gasteiger partial charge in [0.1, 0.15) is 0 Å². The summed E-state index contributed by atoms with van der Waals surface area (Å²) in [5.74, 6) is 1.20. The third-order valence-corrected chi connectivity index (χ3v) is 7.39. The maximum Gasteiger partial charge on any atom is 0.254 e. The number of hydrogen-bond donors (Lipinski definition) is 0. The number of fused-ring (bicyclic) bond motifs is 3. The van der Waals surface area contributed by atoms with E-state index in [1.807, 2.05) is 30.5 Å². The first-order valence-electron chi connectivity index (χ1n) is 10.7. The zero-order valence-corrected chi connectivity index (χ0v) is 16.4. The molecule has 1 aromatic heterocycles. The van der Waals surface area contributed by atoms with E-state index in [4.69, 9.17) is 0 Å². The number of likely N-dealkylation sites (tertiary alicyclic amines) is 1. The summed E-state index contributed by atoms with van der Waals surface area (Å²) in [6.45, 7) is 3.17. The number of carbonyl (C=O) groups is 1. The molecule has 4 aliphatic rings. The molecule has 0 radical (unpaired) electrons. The van der Waals surface area contributed by atoms with Gasteiger partial charge in [-0.3, -0.25) is 14.7 Å². The van der Waals surface area contributed by atoms with Crippen molar-refractivity contribution in [1.82, 2.24) is 14.8 Å². The van der Waals surface area contributed by atoms with Crippen LogP contribution in [0.3, 0.4) is 0 Å². The van der Waals surface area contributed by atoms with Gasteiger partial charge < -0.3 is 4.90 Å².